The maximum Gasteiger partial charge on any atom is 0.414 e. The Morgan fingerprint density at radius 3 is 2.31 bits per heavy atom. The van der Waals surface area contributed by atoms with Crippen molar-refractivity contribution in [2.75, 3.05) is 39.9 Å². The molecule has 7 heterocycles. The van der Waals surface area contributed by atoms with Gasteiger partial charge in [-0.15, -0.1) is 5.10 Å². The smallest absolute Gasteiger partial charge is 0.414 e. The second-order valence-corrected chi connectivity index (χ2v) is 22.0. The topological polar surface area (TPSA) is 312 Å². The minimum Gasteiger partial charge on any atom is -0.507 e. The van der Waals surface area contributed by atoms with Crippen LogP contribution >= 0.6 is 0 Å². The highest BCUT2D eigenvalue weighted by atomic mass is 16.7. The first-order valence-electron chi connectivity index (χ1n) is 27.4. The molecule has 2 aromatic heterocycles. The van der Waals surface area contributed by atoms with Crippen LogP contribution in [0.15, 0.2) is 84.2 Å². The quantitative estimate of drug-likeness (QED) is 0.0913. The van der Waals surface area contributed by atoms with Gasteiger partial charge in [0, 0.05) is 93.5 Å². The lowest BCUT2D eigenvalue weighted by atomic mass is 9.78. The van der Waals surface area contributed by atoms with Crippen LogP contribution in [0.3, 0.4) is 0 Å². The van der Waals surface area contributed by atoms with Crippen molar-refractivity contribution in [2.45, 2.75) is 118 Å². The van der Waals surface area contributed by atoms with E-state index in [0.29, 0.717) is 45.0 Å². The Balaban J connectivity index is 0.936. The zero-order valence-electron chi connectivity index (χ0n) is 47.6. The number of carbonyl (C=O) groups excluding carboxylic acids is 5. The average Bonchev–Trinajstić information content (AvgIpc) is 1.86. The number of rotatable bonds is 11. The van der Waals surface area contributed by atoms with Gasteiger partial charge in [-0.2, -0.15) is 0 Å². The summed E-state index contributed by atoms with van der Waals surface area (Å²) in [6, 6.07) is 7.99. The third kappa shape index (κ3) is 12.2. The van der Waals surface area contributed by atoms with Crippen molar-refractivity contribution < 1.29 is 72.6 Å². The number of hydrogen-bond donors (Lipinski definition) is 4. The number of carbonyl (C=O) groups is 5. The number of hydrogen-bond acceptors (Lipinski definition) is 21. The molecule has 1 fully saturated rings. The number of imidazole rings is 1. The first-order valence-corrected chi connectivity index (χ1v) is 27.4. The minimum absolute atomic E-state index is 0.0261. The number of phenolic OH excluding ortho intramolecular Hbond substituents is 1. The number of nitro groups is 1. The molecule has 1 amide bonds. The highest BCUT2D eigenvalue weighted by molar-refractivity contribution is 6.32. The van der Waals surface area contributed by atoms with Crippen LogP contribution in [0.1, 0.15) is 102 Å². The van der Waals surface area contributed by atoms with E-state index in [4.69, 9.17) is 28.4 Å². The molecule has 0 unspecified atom stereocenters. The van der Waals surface area contributed by atoms with Gasteiger partial charge < -0.3 is 64.1 Å². The number of aromatic hydroxyl groups is 1. The Morgan fingerprint density at radius 1 is 0.916 bits per heavy atom. The monoisotopic (exact) mass is 1150 g/mol. The van der Waals surface area contributed by atoms with Crippen LogP contribution in [0.4, 0.5) is 5.82 Å². The van der Waals surface area contributed by atoms with Crippen LogP contribution in [0, 0.1) is 40.7 Å². The molecule has 25 heteroatoms. The number of nitrogens with zero attached hydrogens (tertiary/aromatic N) is 8. The van der Waals surface area contributed by atoms with E-state index in [9.17, 15) is 44.6 Å². The largest absolute Gasteiger partial charge is 0.507 e. The molecular weight excluding hydrogens is 1080 g/mol. The van der Waals surface area contributed by atoms with Crippen molar-refractivity contribution in [3.63, 3.8) is 0 Å². The Kier molecular flexibility index (Phi) is 17.5. The van der Waals surface area contributed by atoms with Crippen LogP contribution in [-0.4, -0.2) is 160 Å². The molecule has 5 aliphatic heterocycles. The molecule has 0 spiro atoms. The van der Waals surface area contributed by atoms with Crippen LogP contribution in [0.5, 0.6) is 17.5 Å². The molecule has 6 aliphatic rings. The van der Waals surface area contributed by atoms with Gasteiger partial charge in [0.05, 0.1) is 72.9 Å². The normalized spacial score (nSPS) is 28.5. The molecule has 10 atom stereocenters. The molecule has 0 radical (unpaired) electrons. The SMILES string of the molecule is CO[C@H]1/C=C/O[C@@]2(C)Oc3c(C)c(O)c4c(c3C2=O)C(=O)C(N2CCN(Cc3cn(Cc5ccc(CO[C@@H]6COc7nc([N+](=O)[O-])cn7C6)cc5)nn3)CC2)=C(NC(=O)/C(C)=C\C=C\[C@H](C)[C@H](O)[C@@H](C)[C@@H](O)[C@@H](C)[C@H](OC(C)=O)[C@@H]1C)C4=O. The summed E-state index contributed by atoms with van der Waals surface area (Å²) in [5, 5.41) is 57.5. The number of methoxy groups -OCH3 is 1. The fraction of sp³-hybridized carbons (Fsp3) is 0.483. The second kappa shape index (κ2) is 24.4. The number of Topliss-reactive ketones (excluding diaryl/α,β-unsaturated/α-hetero) is 3. The van der Waals surface area contributed by atoms with E-state index in [2.05, 4.69) is 25.5 Å². The number of ether oxygens (including phenoxy) is 6. The lowest BCUT2D eigenvalue weighted by molar-refractivity contribution is -0.389. The standard InChI is InChI=1S/C58H69N9O16/c1-30-11-10-12-31(2)56(75)60-46-47(64-20-18-63(19-21-64)24-39-25-66(62-61-39)23-37-13-15-38(16-14-37)28-79-40-26-65-27-42(67(76)77)59-57(65)80-29-40)52(73)43-44(51(46)72)50(71)35(6)54-45(43)55(74)58(8,83-54)81-22-17-41(78-9)32(3)53(82-36(7)68)34(5)49(70)33(4)48(30)69/h10-17,22,25,27,30,32-34,40-41,48-49,53,69-71H,18-21,23-24,26,28-29H2,1-9H3,(H,60,75)/b11-10+,22-17+,31-12-/t30-,32+,33+,34+,40-,41-,48-,49+,53+,58-/m0/s1. The lowest BCUT2D eigenvalue weighted by Crippen LogP contribution is -2.49. The van der Waals surface area contributed by atoms with Crippen molar-refractivity contribution in [1.29, 1.82) is 0 Å². The molecular formula is C58H69N9O16. The molecule has 25 nitrogen and oxygen atoms in total. The average molecular weight is 1150 g/mol. The maximum atomic E-state index is 15.3. The van der Waals surface area contributed by atoms with Crippen LogP contribution in [0.25, 0.3) is 0 Å². The minimum atomic E-state index is -2.14. The summed E-state index contributed by atoms with van der Waals surface area (Å²) in [6.45, 7) is 15.2. The van der Waals surface area contributed by atoms with Crippen LogP contribution < -0.4 is 14.8 Å². The first kappa shape index (κ1) is 59.5. The van der Waals surface area contributed by atoms with Gasteiger partial charge in [-0.25, -0.2) is 4.68 Å². The Hall–Kier alpha value is -8.10. The molecule has 1 saturated heterocycles. The van der Waals surface area contributed by atoms with Crippen molar-refractivity contribution in [3.8, 4) is 17.5 Å². The number of fused-ring (bicyclic) bond motifs is 15. The van der Waals surface area contributed by atoms with Gasteiger partial charge in [-0.05, 0) is 36.0 Å². The Labute approximate surface area is 478 Å². The van der Waals surface area contributed by atoms with Crippen molar-refractivity contribution >= 4 is 35.0 Å². The van der Waals surface area contributed by atoms with Gasteiger partial charge in [-0.1, -0.05) is 75.4 Å². The number of esters is 1. The summed E-state index contributed by atoms with van der Waals surface area (Å²) < 4.78 is 38.7. The van der Waals surface area contributed by atoms with E-state index in [-0.39, 0.29) is 65.8 Å². The number of aliphatic hydroxyl groups excluding tert-OH is 2. The van der Waals surface area contributed by atoms with Crippen LogP contribution in [0.2, 0.25) is 0 Å². The van der Waals surface area contributed by atoms with Gasteiger partial charge in [0.25, 0.3) is 11.7 Å². The Morgan fingerprint density at radius 2 is 1.63 bits per heavy atom. The van der Waals surface area contributed by atoms with E-state index < -0.39 is 111 Å². The summed E-state index contributed by atoms with van der Waals surface area (Å²) in [7, 11) is 1.42. The third-order valence-electron chi connectivity index (χ3n) is 16.2. The maximum absolute atomic E-state index is 15.3. The summed E-state index contributed by atoms with van der Waals surface area (Å²) in [6.07, 6.45) is 6.12. The van der Waals surface area contributed by atoms with E-state index in [1.54, 1.807) is 54.0 Å². The number of phenols is 1. The number of piperazine rings is 1. The van der Waals surface area contributed by atoms with Crippen LogP contribution in [-0.2, 0) is 54.8 Å². The molecule has 10 rings (SSSR count). The van der Waals surface area contributed by atoms with E-state index in [0.717, 1.165) is 11.1 Å². The number of benzene rings is 2. The molecule has 1 aliphatic carbocycles. The van der Waals surface area contributed by atoms with Gasteiger partial charge >= 0.3 is 23.6 Å². The highest BCUT2D eigenvalue weighted by Gasteiger charge is 2.53. The molecule has 2 aromatic carbocycles. The Bertz CT molecular complexity index is 3320. The number of aromatic nitrogens is 5. The number of ketones is 3. The summed E-state index contributed by atoms with van der Waals surface area (Å²) in [5.74, 6) is -9.79. The summed E-state index contributed by atoms with van der Waals surface area (Å²) >= 11 is 0. The molecule has 442 valence electrons. The number of nitrogens with one attached hydrogen (secondary N) is 1. The van der Waals surface area contributed by atoms with Gasteiger partial charge in [0.15, 0.2) is 0 Å². The predicted octanol–water partition coefficient (Wildman–Crippen LogP) is 4.50. The van der Waals surface area contributed by atoms with E-state index in [1.165, 1.54) is 59.4 Å². The van der Waals surface area contributed by atoms with Gasteiger partial charge in [0.2, 0.25) is 11.6 Å². The number of aliphatic hydroxyl groups is 2. The predicted molar refractivity (Wildman–Crippen MR) is 294 cm³/mol. The lowest BCUT2D eigenvalue weighted by Gasteiger charge is -2.38. The summed E-state index contributed by atoms with van der Waals surface area (Å²) in [5.41, 5.74) is 0.884. The fourth-order valence-electron chi connectivity index (χ4n) is 11.2. The van der Waals surface area contributed by atoms with Crippen molar-refractivity contribution in [1.82, 2.24) is 39.7 Å². The third-order valence-corrected chi connectivity index (χ3v) is 16.2. The molecule has 4 aromatic rings. The van der Waals surface area contributed by atoms with Crippen molar-refractivity contribution in [2.24, 2.45) is 23.7 Å². The van der Waals surface area contributed by atoms with E-state index >= 15 is 4.79 Å². The zero-order valence-corrected chi connectivity index (χ0v) is 47.6. The van der Waals surface area contributed by atoms with Crippen molar-refractivity contribution in [3.05, 3.63) is 133 Å². The van der Waals surface area contributed by atoms with Gasteiger partial charge in [0.1, 0.15) is 47.9 Å². The second-order valence-electron chi connectivity index (χ2n) is 22.0. The molecule has 4 N–H and O–H groups in total. The molecule has 0 saturated carbocycles. The fourth-order valence-corrected chi connectivity index (χ4v) is 11.2. The molecule has 83 heavy (non-hydrogen) atoms. The number of allylic oxidation sites excluding steroid dienone is 4. The van der Waals surface area contributed by atoms with E-state index in [1.807, 2.05) is 30.5 Å². The van der Waals surface area contributed by atoms with Gasteiger partial charge in [-0.3, -0.25) is 33.4 Å². The first-order chi connectivity index (χ1) is 39.5. The molecule has 5 bridgehead atoms. The highest BCUT2D eigenvalue weighted by Crippen LogP contribution is 2.49. The zero-order chi connectivity index (χ0) is 59.8. The number of amides is 1. The summed E-state index contributed by atoms with van der Waals surface area (Å²) in [4.78, 5) is 89.9.